The van der Waals surface area contributed by atoms with Gasteiger partial charge < -0.3 is 0 Å². The van der Waals surface area contributed by atoms with Gasteiger partial charge in [-0.2, -0.15) is 0 Å². The van der Waals surface area contributed by atoms with Crippen molar-refractivity contribution in [1.29, 1.82) is 0 Å². The number of rotatable bonds is 5. The van der Waals surface area contributed by atoms with Gasteiger partial charge in [0.25, 0.3) is 0 Å². The fourth-order valence-electron chi connectivity index (χ4n) is 1.26. The van der Waals surface area contributed by atoms with Crippen LogP contribution in [0.15, 0.2) is 5.38 Å². The third kappa shape index (κ3) is 3.35. The Labute approximate surface area is 78.8 Å². The number of hydrogen-bond acceptors (Lipinski definition) is 2. The molecule has 1 aromatic heterocycles. The summed E-state index contributed by atoms with van der Waals surface area (Å²) in [7, 11) is 0. The van der Waals surface area contributed by atoms with Crippen LogP contribution < -0.4 is 0 Å². The topological polar surface area (TPSA) is 12.9 Å². The SMILES string of the molecule is CCCCCCc1csc(C)n1. The van der Waals surface area contributed by atoms with Crippen LogP contribution in [0.1, 0.15) is 43.3 Å². The van der Waals surface area contributed by atoms with Crippen LogP contribution >= 0.6 is 11.3 Å². The van der Waals surface area contributed by atoms with Crippen LogP contribution in [0.25, 0.3) is 0 Å². The molecule has 0 spiro atoms. The lowest BCUT2D eigenvalue weighted by atomic mass is 10.1. The van der Waals surface area contributed by atoms with E-state index in [-0.39, 0.29) is 0 Å². The van der Waals surface area contributed by atoms with Crippen molar-refractivity contribution in [2.45, 2.75) is 46.0 Å². The predicted octanol–water partition coefficient (Wildman–Crippen LogP) is 3.57. The molecule has 0 aliphatic heterocycles. The summed E-state index contributed by atoms with van der Waals surface area (Å²) in [6.45, 7) is 4.31. The van der Waals surface area contributed by atoms with Gasteiger partial charge in [-0.05, 0) is 19.8 Å². The van der Waals surface area contributed by atoms with Gasteiger partial charge >= 0.3 is 0 Å². The molecule has 0 saturated heterocycles. The summed E-state index contributed by atoms with van der Waals surface area (Å²) >= 11 is 1.76. The van der Waals surface area contributed by atoms with Crippen molar-refractivity contribution in [2.24, 2.45) is 0 Å². The quantitative estimate of drug-likeness (QED) is 0.636. The first-order chi connectivity index (χ1) is 5.83. The molecule has 1 nitrogen and oxygen atoms in total. The Morgan fingerprint density at radius 1 is 1.33 bits per heavy atom. The van der Waals surface area contributed by atoms with Gasteiger partial charge in [0.1, 0.15) is 0 Å². The van der Waals surface area contributed by atoms with Crippen LogP contribution in [-0.4, -0.2) is 4.98 Å². The van der Waals surface area contributed by atoms with Gasteiger partial charge in [0, 0.05) is 5.38 Å². The molecule has 1 heterocycles. The van der Waals surface area contributed by atoms with E-state index in [0.717, 1.165) is 0 Å². The van der Waals surface area contributed by atoms with Gasteiger partial charge in [0.05, 0.1) is 10.7 Å². The Bertz CT molecular complexity index is 217. The molecule has 1 aromatic rings. The van der Waals surface area contributed by atoms with E-state index >= 15 is 0 Å². The molecule has 0 N–H and O–H groups in total. The highest BCUT2D eigenvalue weighted by Gasteiger charge is 1.96. The van der Waals surface area contributed by atoms with E-state index in [1.807, 2.05) is 0 Å². The summed E-state index contributed by atoms with van der Waals surface area (Å²) < 4.78 is 0. The number of thiazole rings is 1. The second-order valence-corrected chi connectivity index (χ2v) is 4.23. The second kappa shape index (κ2) is 5.31. The fraction of sp³-hybridized carbons (Fsp3) is 0.700. The highest BCUT2D eigenvalue weighted by molar-refractivity contribution is 7.09. The Hall–Kier alpha value is -0.370. The monoisotopic (exact) mass is 183 g/mol. The van der Waals surface area contributed by atoms with Gasteiger partial charge in [0.2, 0.25) is 0 Å². The molecule has 1 rings (SSSR count). The molecule has 0 unspecified atom stereocenters. The van der Waals surface area contributed by atoms with E-state index in [4.69, 9.17) is 0 Å². The van der Waals surface area contributed by atoms with Crippen LogP contribution in [0.4, 0.5) is 0 Å². The molecule has 0 aliphatic carbocycles. The zero-order valence-electron chi connectivity index (χ0n) is 7.97. The largest absolute Gasteiger partial charge is 0.247 e. The molecule has 68 valence electrons. The van der Waals surface area contributed by atoms with Crippen molar-refractivity contribution in [2.75, 3.05) is 0 Å². The minimum absolute atomic E-state index is 1.17. The minimum Gasteiger partial charge on any atom is -0.247 e. The first-order valence-corrected chi connectivity index (χ1v) is 5.62. The maximum absolute atomic E-state index is 4.43. The van der Waals surface area contributed by atoms with Crippen LogP contribution in [-0.2, 0) is 6.42 Å². The Kier molecular flexibility index (Phi) is 4.30. The predicted molar refractivity (Wildman–Crippen MR) is 54.7 cm³/mol. The van der Waals surface area contributed by atoms with Gasteiger partial charge in [-0.3, -0.25) is 0 Å². The van der Waals surface area contributed by atoms with Crippen LogP contribution in [0.2, 0.25) is 0 Å². The number of nitrogens with zero attached hydrogens (tertiary/aromatic N) is 1. The standard InChI is InChI=1S/C10H17NS/c1-3-4-5-6-7-10-8-12-9(2)11-10/h8H,3-7H2,1-2H3. The van der Waals surface area contributed by atoms with Gasteiger partial charge in [-0.25, -0.2) is 4.98 Å². The molecule has 0 saturated carbocycles. The molecular weight excluding hydrogens is 166 g/mol. The molecule has 0 bridgehead atoms. The van der Waals surface area contributed by atoms with Crippen molar-refractivity contribution in [3.8, 4) is 0 Å². The van der Waals surface area contributed by atoms with E-state index in [1.165, 1.54) is 42.8 Å². The summed E-state index contributed by atoms with van der Waals surface area (Å²) in [6, 6.07) is 0. The van der Waals surface area contributed by atoms with E-state index in [0.29, 0.717) is 0 Å². The van der Waals surface area contributed by atoms with Crippen molar-refractivity contribution in [3.05, 3.63) is 16.1 Å². The molecule has 12 heavy (non-hydrogen) atoms. The zero-order valence-corrected chi connectivity index (χ0v) is 8.78. The summed E-state index contributed by atoms with van der Waals surface area (Å²) in [6.07, 6.45) is 6.51. The molecule has 2 heteroatoms. The minimum atomic E-state index is 1.17. The van der Waals surface area contributed by atoms with Crippen molar-refractivity contribution >= 4 is 11.3 Å². The van der Waals surface area contributed by atoms with Crippen molar-refractivity contribution in [3.63, 3.8) is 0 Å². The summed E-state index contributed by atoms with van der Waals surface area (Å²) in [5.41, 5.74) is 1.29. The number of aryl methyl sites for hydroxylation is 2. The number of aromatic nitrogens is 1. The Balaban J connectivity index is 2.15. The Morgan fingerprint density at radius 3 is 2.75 bits per heavy atom. The maximum atomic E-state index is 4.43. The van der Waals surface area contributed by atoms with Crippen LogP contribution in [0.5, 0.6) is 0 Å². The van der Waals surface area contributed by atoms with Gasteiger partial charge in [-0.15, -0.1) is 11.3 Å². The summed E-state index contributed by atoms with van der Waals surface area (Å²) in [5, 5.41) is 3.38. The van der Waals surface area contributed by atoms with E-state index in [9.17, 15) is 0 Å². The number of hydrogen-bond donors (Lipinski definition) is 0. The lowest BCUT2D eigenvalue weighted by Gasteiger charge is -1.95. The molecule has 0 radical (unpaired) electrons. The zero-order chi connectivity index (χ0) is 8.81. The Morgan fingerprint density at radius 2 is 2.17 bits per heavy atom. The third-order valence-electron chi connectivity index (χ3n) is 1.95. The highest BCUT2D eigenvalue weighted by atomic mass is 32.1. The molecule has 0 aromatic carbocycles. The third-order valence-corrected chi connectivity index (χ3v) is 2.78. The van der Waals surface area contributed by atoms with Crippen molar-refractivity contribution < 1.29 is 0 Å². The second-order valence-electron chi connectivity index (χ2n) is 3.17. The molecule has 0 fully saturated rings. The average Bonchev–Trinajstić information content (AvgIpc) is 2.45. The fourth-order valence-corrected chi connectivity index (χ4v) is 1.90. The van der Waals surface area contributed by atoms with E-state index in [1.54, 1.807) is 11.3 Å². The van der Waals surface area contributed by atoms with Gasteiger partial charge in [0.15, 0.2) is 0 Å². The molecule has 0 amide bonds. The average molecular weight is 183 g/mol. The van der Waals surface area contributed by atoms with Crippen molar-refractivity contribution in [1.82, 2.24) is 4.98 Å². The molecular formula is C10H17NS. The lowest BCUT2D eigenvalue weighted by molar-refractivity contribution is 0.661. The number of unbranched alkanes of at least 4 members (excludes halogenated alkanes) is 3. The summed E-state index contributed by atoms with van der Waals surface area (Å²) in [4.78, 5) is 4.43. The molecule has 0 aliphatic rings. The van der Waals surface area contributed by atoms with Crippen LogP contribution in [0, 0.1) is 6.92 Å². The smallest absolute Gasteiger partial charge is 0.0897 e. The first kappa shape index (κ1) is 9.72. The van der Waals surface area contributed by atoms with Crippen LogP contribution in [0.3, 0.4) is 0 Å². The maximum Gasteiger partial charge on any atom is 0.0897 e. The highest BCUT2D eigenvalue weighted by Crippen LogP contribution is 2.11. The first-order valence-electron chi connectivity index (χ1n) is 4.74. The van der Waals surface area contributed by atoms with E-state index in [2.05, 4.69) is 24.2 Å². The normalized spacial score (nSPS) is 10.5. The summed E-state index contributed by atoms with van der Waals surface area (Å²) in [5.74, 6) is 0. The lowest BCUT2D eigenvalue weighted by Crippen LogP contribution is -1.85. The molecule has 0 atom stereocenters. The van der Waals surface area contributed by atoms with E-state index < -0.39 is 0 Å². The van der Waals surface area contributed by atoms with Gasteiger partial charge in [-0.1, -0.05) is 26.2 Å².